The first kappa shape index (κ1) is 10.1. The molecule has 1 saturated heterocycles. The summed E-state index contributed by atoms with van der Waals surface area (Å²) in [6, 6.07) is 0. The number of hydrogen-bond donors (Lipinski definition) is 0. The fourth-order valence-corrected chi connectivity index (χ4v) is 2.04. The predicted octanol–water partition coefficient (Wildman–Crippen LogP) is 0.608. The Hall–Kier alpha value is -0.430. The van der Waals surface area contributed by atoms with Crippen LogP contribution in [0.15, 0.2) is 11.8 Å². The summed E-state index contributed by atoms with van der Waals surface area (Å²) >= 11 is -2.48. The first-order valence-corrected chi connectivity index (χ1v) is 5.45. The third-order valence-corrected chi connectivity index (χ3v) is 2.73. The standard InChI is InChI=1S/C8H12O5S/c9-14(10)13-7-1-3-8(4-2-7)11-5-6-12-8/h1H,2-6H2,(H,9,10)/p-1. The minimum atomic E-state index is -2.48. The van der Waals surface area contributed by atoms with Gasteiger partial charge in [-0.1, -0.05) is 0 Å². The third kappa shape index (κ3) is 2.14. The van der Waals surface area contributed by atoms with Crippen molar-refractivity contribution in [2.24, 2.45) is 0 Å². The maximum atomic E-state index is 10.3. The summed E-state index contributed by atoms with van der Waals surface area (Å²) in [7, 11) is 0. The maximum absolute atomic E-state index is 10.3. The van der Waals surface area contributed by atoms with Crippen LogP contribution in [-0.2, 0) is 25.0 Å². The van der Waals surface area contributed by atoms with Gasteiger partial charge in [0, 0.05) is 19.3 Å². The lowest BCUT2D eigenvalue weighted by Gasteiger charge is -2.30. The molecule has 1 unspecified atom stereocenters. The monoisotopic (exact) mass is 219 g/mol. The summed E-state index contributed by atoms with van der Waals surface area (Å²) in [6.07, 6.45) is 3.45. The smallest absolute Gasteiger partial charge is 0.172 e. The second-order valence-electron chi connectivity index (χ2n) is 3.27. The van der Waals surface area contributed by atoms with Gasteiger partial charge in [0.05, 0.1) is 13.2 Å². The topological polar surface area (TPSA) is 67.8 Å². The van der Waals surface area contributed by atoms with E-state index in [4.69, 9.17) is 9.47 Å². The molecule has 1 atom stereocenters. The second kappa shape index (κ2) is 3.98. The van der Waals surface area contributed by atoms with E-state index in [0.717, 1.165) is 0 Å². The number of ether oxygens (including phenoxy) is 2. The van der Waals surface area contributed by atoms with E-state index in [-0.39, 0.29) is 0 Å². The van der Waals surface area contributed by atoms with Crippen molar-refractivity contribution in [1.29, 1.82) is 0 Å². The molecule has 1 heterocycles. The van der Waals surface area contributed by atoms with Gasteiger partial charge in [0.2, 0.25) is 0 Å². The largest absolute Gasteiger partial charge is 0.740 e. The van der Waals surface area contributed by atoms with Gasteiger partial charge in [-0.3, -0.25) is 0 Å². The molecule has 0 amide bonds. The molecule has 80 valence electrons. The molecule has 2 rings (SSSR count). The summed E-state index contributed by atoms with van der Waals surface area (Å²) in [5.74, 6) is -0.0416. The molecule has 1 spiro atoms. The van der Waals surface area contributed by atoms with Gasteiger partial charge in [-0.05, 0) is 6.08 Å². The Morgan fingerprint density at radius 1 is 1.50 bits per heavy atom. The van der Waals surface area contributed by atoms with E-state index in [1.165, 1.54) is 0 Å². The second-order valence-corrected chi connectivity index (χ2v) is 3.84. The van der Waals surface area contributed by atoms with Gasteiger partial charge in [0.1, 0.15) is 17.1 Å². The first-order chi connectivity index (χ1) is 6.70. The maximum Gasteiger partial charge on any atom is 0.172 e. The number of rotatable bonds is 2. The van der Waals surface area contributed by atoms with E-state index in [9.17, 15) is 8.76 Å². The van der Waals surface area contributed by atoms with Gasteiger partial charge in [0.15, 0.2) is 5.79 Å². The molecule has 1 aliphatic heterocycles. The Morgan fingerprint density at radius 3 is 2.71 bits per heavy atom. The molecule has 0 aromatic heterocycles. The van der Waals surface area contributed by atoms with Crippen molar-refractivity contribution in [3.63, 3.8) is 0 Å². The molecule has 0 bridgehead atoms. The average molecular weight is 219 g/mol. The van der Waals surface area contributed by atoms with Gasteiger partial charge >= 0.3 is 0 Å². The molecular weight excluding hydrogens is 208 g/mol. The van der Waals surface area contributed by atoms with E-state index >= 15 is 0 Å². The highest BCUT2D eigenvalue weighted by Crippen LogP contribution is 2.35. The van der Waals surface area contributed by atoms with E-state index in [1.54, 1.807) is 6.08 Å². The number of hydrogen-bond acceptors (Lipinski definition) is 5. The summed E-state index contributed by atoms with van der Waals surface area (Å²) < 4.78 is 36.0. The molecule has 14 heavy (non-hydrogen) atoms. The lowest BCUT2D eigenvalue weighted by atomic mass is 9.99. The van der Waals surface area contributed by atoms with Crippen LogP contribution < -0.4 is 0 Å². The van der Waals surface area contributed by atoms with E-state index in [0.29, 0.717) is 38.2 Å². The fraction of sp³-hybridized carbons (Fsp3) is 0.750. The van der Waals surface area contributed by atoms with Crippen LogP contribution in [0.2, 0.25) is 0 Å². The molecule has 0 N–H and O–H groups in total. The van der Waals surface area contributed by atoms with Crippen molar-refractivity contribution >= 4 is 11.4 Å². The highest BCUT2D eigenvalue weighted by molar-refractivity contribution is 7.74. The summed E-state index contributed by atoms with van der Waals surface area (Å²) in [5, 5.41) is 0. The summed E-state index contributed by atoms with van der Waals surface area (Å²) in [5.41, 5.74) is 0. The van der Waals surface area contributed by atoms with Crippen LogP contribution in [0, 0.1) is 0 Å². The zero-order valence-electron chi connectivity index (χ0n) is 7.56. The average Bonchev–Trinajstić information content (AvgIpc) is 2.58. The van der Waals surface area contributed by atoms with Gasteiger partial charge in [0.25, 0.3) is 0 Å². The highest BCUT2D eigenvalue weighted by atomic mass is 32.2. The van der Waals surface area contributed by atoms with Crippen molar-refractivity contribution in [3.05, 3.63) is 11.8 Å². The normalized spacial score (nSPS) is 27.4. The van der Waals surface area contributed by atoms with E-state index in [2.05, 4.69) is 4.18 Å². The molecule has 0 aromatic rings. The van der Waals surface area contributed by atoms with Gasteiger partial charge in [-0.15, -0.1) is 0 Å². The van der Waals surface area contributed by atoms with E-state index in [1.807, 2.05) is 0 Å². The van der Waals surface area contributed by atoms with Crippen LogP contribution in [0.25, 0.3) is 0 Å². The molecule has 6 heteroatoms. The van der Waals surface area contributed by atoms with Crippen molar-refractivity contribution in [3.8, 4) is 0 Å². The lowest BCUT2D eigenvalue weighted by Crippen LogP contribution is -2.32. The molecule has 1 aliphatic carbocycles. The molecule has 0 saturated carbocycles. The zero-order valence-corrected chi connectivity index (χ0v) is 8.38. The number of allylic oxidation sites excluding steroid dienone is 1. The summed E-state index contributed by atoms with van der Waals surface area (Å²) in [6.45, 7) is 1.22. The first-order valence-electron chi connectivity index (χ1n) is 4.45. The Labute approximate surface area is 84.5 Å². The quantitative estimate of drug-likeness (QED) is 0.636. The Bertz CT molecular complexity index is 269. The Kier molecular flexibility index (Phi) is 2.87. The van der Waals surface area contributed by atoms with Crippen LogP contribution in [0.5, 0.6) is 0 Å². The Morgan fingerprint density at radius 2 is 2.21 bits per heavy atom. The van der Waals surface area contributed by atoms with Crippen molar-refractivity contribution in [2.45, 2.75) is 25.0 Å². The van der Waals surface area contributed by atoms with Crippen LogP contribution in [-0.4, -0.2) is 27.8 Å². The van der Waals surface area contributed by atoms with Crippen LogP contribution >= 0.6 is 0 Å². The third-order valence-electron chi connectivity index (χ3n) is 2.38. The molecule has 2 aliphatic rings. The SMILES string of the molecule is O=S([O-])OC1=CCC2(CC1)OCCO2. The molecule has 5 nitrogen and oxygen atoms in total. The van der Waals surface area contributed by atoms with Crippen LogP contribution in [0.4, 0.5) is 0 Å². The summed E-state index contributed by atoms with van der Waals surface area (Å²) in [4.78, 5) is 0. The molecule has 0 aromatic carbocycles. The zero-order chi connectivity index (χ0) is 10.0. The van der Waals surface area contributed by atoms with Gasteiger partial charge in [-0.2, -0.15) is 0 Å². The molecular formula is C8H11O5S-. The van der Waals surface area contributed by atoms with Crippen molar-refractivity contribution in [2.75, 3.05) is 13.2 Å². The Balaban J connectivity index is 1.95. The van der Waals surface area contributed by atoms with Crippen molar-refractivity contribution in [1.82, 2.24) is 0 Å². The van der Waals surface area contributed by atoms with E-state index < -0.39 is 17.1 Å². The predicted molar refractivity (Wildman–Crippen MR) is 46.6 cm³/mol. The highest BCUT2D eigenvalue weighted by Gasteiger charge is 2.38. The van der Waals surface area contributed by atoms with Crippen LogP contribution in [0.3, 0.4) is 0 Å². The van der Waals surface area contributed by atoms with Crippen LogP contribution in [0.1, 0.15) is 19.3 Å². The van der Waals surface area contributed by atoms with Gasteiger partial charge < -0.3 is 18.2 Å². The lowest BCUT2D eigenvalue weighted by molar-refractivity contribution is -0.162. The van der Waals surface area contributed by atoms with Crippen molar-refractivity contribution < 1.29 is 22.4 Å². The minimum absolute atomic E-state index is 0.475. The fourth-order valence-electron chi connectivity index (χ4n) is 1.71. The molecule has 0 radical (unpaired) electrons. The minimum Gasteiger partial charge on any atom is -0.740 e. The molecule has 1 fully saturated rings. The van der Waals surface area contributed by atoms with Gasteiger partial charge in [-0.25, -0.2) is 4.21 Å².